The van der Waals surface area contributed by atoms with Crippen LogP contribution in [0.2, 0.25) is 0 Å². The van der Waals surface area contributed by atoms with E-state index in [1.165, 1.54) is 0 Å². The topological polar surface area (TPSA) is 82.2 Å². The van der Waals surface area contributed by atoms with Gasteiger partial charge in [-0.2, -0.15) is 5.10 Å². The van der Waals surface area contributed by atoms with Gasteiger partial charge < -0.3 is 15.8 Å². The van der Waals surface area contributed by atoms with Crippen LogP contribution < -0.4 is 11.1 Å². The molecule has 0 aliphatic carbocycles. The number of methoxy groups -OCH3 is 1. The van der Waals surface area contributed by atoms with Gasteiger partial charge in [0.1, 0.15) is 0 Å². The second-order valence-corrected chi connectivity index (χ2v) is 4.40. The molecule has 18 heavy (non-hydrogen) atoms. The van der Waals surface area contributed by atoms with Crippen LogP contribution in [0.1, 0.15) is 24.2 Å². The number of nitrogens with one attached hydrogen (secondary N) is 1. The summed E-state index contributed by atoms with van der Waals surface area (Å²) in [5, 5.41) is 7.08. The van der Waals surface area contributed by atoms with Crippen LogP contribution in [0.15, 0.2) is 0 Å². The van der Waals surface area contributed by atoms with Crippen molar-refractivity contribution in [2.75, 3.05) is 19.0 Å². The summed E-state index contributed by atoms with van der Waals surface area (Å²) in [5.41, 5.74) is 8.29. The van der Waals surface area contributed by atoms with Crippen molar-refractivity contribution in [3.63, 3.8) is 0 Å². The molecule has 0 spiro atoms. The monoisotopic (exact) mass is 254 g/mol. The molecular formula is C12H22N4O2. The zero-order chi connectivity index (χ0) is 13.7. The van der Waals surface area contributed by atoms with Gasteiger partial charge in [-0.15, -0.1) is 0 Å². The third kappa shape index (κ3) is 3.54. The van der Waals surface area contributed by atoms with Crippen molar-refractivity contribution in [1.29, 1.82) is 0 Å². The van der Waals surface area contributed by atoms with Gasteiger partial charge in [-0.1, -0.05) is 0 Å². The van der Waals surface area contributed by atoms with Crippen LogP contribution in [0, 0.1) is 13.8 Å². The second-order valence-electron chi connectivity index (χ2n) is 4.40. The maximum atomic E-state index is 11.9. The summed E-state index contributed by atoms with van der Waals surface area (Å²) in [7, 11) is 3.48. The smallest absolute Gasteiger partial charge is 0.241 e. The van der Waals surface area contributed by atoms with E-state index >= 15 is 0 Å². The van der Waals surface area contributed by atoms with Crippen molar-refractivity contribution < 1.29 is 9.53 Å². The third-order valence-corrected chi connectivity index (χ3v) is 2.96. The molecule has 1 atom stereocenters. The van der Waals surface area contributed by atoms with Crippen LogP contribution >= 0.6 is 0 Å². The number of carbonyl (C=O) groups excluding carboxylic acids is 1. The van der Waals surface area contributed by atoms with Gasteiger partial charge >= 0.3 is 0 Å². The Kier molecular flexibility index (Phi) is 5.30. The van der Waals surface area contributed by atoms with Gasteiger partial charge in [0, 0.05) is 20.8 Å². The molecule has 1 aromatic rings. The van der Waals surface area contributed by atoms with Gasteiger partial charge in [-0.3, -0.25) is 9.48 Å². The Labute approximate surface area is 107 Å². The number of anilines is 1. The van der Waals surface area contributed by atoms with E-state index < -0.39 is 6.04 Å². The van der Waals surface area contributed by atoms with E-state index in [2.05, 4.69) is 10.4 Å². The molecule has 0 bridgehead atoms. The van der Waals surface area contributed by atoms with Crippen LogP contribution in [0.25, 0.3) is 0 Å². The van der Waals surface area contributed by atoms with E-state index in [0.717, 1.165) is 23.5 Å². The lowest BCUT2D eigenvalue weighted by atomic mass is 10.1. The van der Waals surface area contributed by atoms with Crippen molar-refractivity contribution in [1.82, 2.24) is 9.78 Å². The normalized spacial score (nSPS) is 12.5. The van der Waals surface area contributed by atoms with E-state index in [1.54, 1.807) is 11.8 Å². The average Bonchev–Trinajstić information content (AvgIpc) is 2.56. The molecule has 1 unspecified atom stereocenters. The van der Waals surface area contributed by atoms with Gasteiger partial charge in [0.25, 0.3) is 0 Å². The van der Waals surface area contributed by atoms with Gasteiger partial charge in [-0.25, -0.2) is 0 Å². The number of amides is 1. The Morgan fingerprint density at radius 3 is 2.72 bits per heavy atom. The predicted octanol–water partition coefficient (Wildman–Crippen LogP) is 0.729. The van der Waals surface area contributed by atoms with Crippen LogP contribution in [-0.4, -0.2) is 35.4 Å². The minimum atomic E-state index is -0.515. The minimum absolute atomic E-state index is 0.176. The van der Waals surface area contributed by atoms with Crippen molar-refractivity contribution in [3.8, 4) is 0 Å². The summed E-state index contributed by atoms with van der Waals surface area (Å²) in [6.45, 7) is 4.39. The molecule has 1 heterocycles. The van der Waals surface area contributed by atoms with Crippen LogP contribution in [0.3, 0.4) is 0 Å². The summed E-state index contributed by atoms with van der Waals surface area (Å²) in [6.07, 6.45) is 1.38. The maximum Gasteiger partial charge on any atom is 0.241 e. The van der Waals surface area contributed by atoms with Crippen LogP contribution in [0.4, 0.5) is 5.69 Å². The number of aryl methyl sites for hydroxylation is 2. The van der Waals surface area contributed by atoms with E-state index in [1.807, 2.05) is 20.9 Å². The molecule has 102 valence electrons. The summed E-state index contributed by atoms with van der Waals surface area (Å²) in [4.78, 5) is 11.9. The van der Waals surface area contributed by atoms with Gasteiger partial charge in [-0.05, 0) is 26.7 Å². The first kappa shape index (κ1) is 14.7. The molecule has 0 radical (unpaired) electrons. The Bertz CT molecular complexity index is 414. The fourth-order valence-corrected chi connectivity index (χ4v) is 1.75. The Morgan fingerprint density at radius 1 is 1.56 bits per heavy atom. The molecular weight excluding hydrogens is 232 g/mol. The number of nitrogens with zero attached hydrogens (tertiary/aromatic N) is 2. The van der Waals surface area contributed by atoms with E-state index in [9.17, 15) is 4.79 Å². The zero-order valence-corrected chi connectivity index (χ0v) is 11.5. The number of rotatable bonds is 6. The lowest BCUT2D eigenvalue weighted by Crippen LogP contribution is -2.36. The Morgan fingerprint density at radius 2 is 2.22 bits per heavy atom. The standard InChI is InChI=1S/C12H22N4O2/c1-8-11(9(2)16(3)15-8)14-12(17)10(13)6-5-7-18-4/h10H,5-7,13H2,1-4H3,(H,14,17). The molecule has 0 aliphatic heterocycles. The van der Waals surface area contributed by atoms with Gasteiger partial charge in [0.15, 0.2) is 0 Å². The number of ether oxygens (including phenoxy) is 1. The minimum Gasteiger partial charge on any atom is -0.385 e. The highest BCUT2D eigenvalue weighted by atomic mass is 16.5. The van der Waals surface area contributed by atoms with Gasteiger partial charge in [0.2, 0.25) is 5.91 Å². The molecule has 1 aromatic heterocycles. The fourth-order valence-electron chi connectivity index (χ4n) is 1.75. The molecule has 0 aromatic carbocycles. The van der Waals surface area contributed by atoms with Crippen molar-refractivity contribution >= 4 is 11.6 Å². The molecule has 3 N–H and O–H groups in total. The van der Waals surface area contributed by atoms with E-state index in [-0.39, 0.29) is 5.91 Å². The fraction of sp³-hybridized carbons (Fsp3) is 0.667. The Balaban J connectivity index is 2.58. The summed E-state index contributed by atoms with van der Waals surface area (Å²) >= 11 is 0. The molecule has 0 saturated heterocycles. The first-order valence-electron chi connectivity index (χ1n) is 6.03. The lowest BCUT2D eigenvalue weighted by molar-refractivity contribution is -0.117. The van der Waals surface area contributed by atoms with Crippen molar-refractivity contribution in [3.05, 3.63) is 11.4 Å². The molecule has 6 heteroatoms. The van der Waals surface area contributed by atoms with E-state index in [0.29, 0.717) is 13.0 Å². The maximum absolute atomic E-state index is 11.9. The molecule has 0 aliphatic rings. The first-order valence-corrected chi connectivity index (χ1v) is 6.03. The zero-order valence-electron chi connectivity index (χ0n) is 11.5. The number of aromatic nitrogens is 2. The van der Waals surface area contributed by atoms with Gasteiger partial charge in [0.05, 0.1) is 23.1 Å². The number of hydrogen-bond donors (Lipinski definition) is 2. The van der Waals surface area contributed by atoms with Crippen molar-refractivity contribution in [2.45, 2.75) is 32.7 Å². The average molecular weight is 254 g/mol. The summed E-state index contributed by atoms with van der Waals surface area (Å²) in [6, 6.07) is -0.515. The Hall–Kier alpha value is -1.40. The predicted molar refractivity (Wildman–Crippen MR) is 70.4 cm³/mol. The molecule has 0 fully saturated rings. The molecule has 1 rings (SSSR count). The third-order valence-electron chi connectivity index (χ3n) is 2.96. The largest absolute Gasteiger partial charge is 0.385 e. The number of carbonyl (C=O) groups is 1. The number of hydrogen-bond acceptors (Lipinski definition) is 4. The van der Waals surface area contributed by atoms with E-state index in [4.69, 9.17) is 10.5 Å². The highest BCUT2D eigenvalue weighted by Crippen LogP contribution is 2.18. The van der Waals surface area contributed by atoms with Crippen LogP contribution in [-0.2, 0) is 16.6 Å². The summed E-state index contributed by atoms with van der Waals surface area (Å²) < 4.78 is 6.67. The molecule has 6 nitrogen and oxygen atoms in total. The molecule has 0 saturated carbocycles. The summed E-state index contributed by atoms with van der Waals surface area (Å²) in [5.74, 6) is -0.176. The first-order chi connectivity index (χ1) is 8.47. The van der Waals surface area contributed by atoms with Crippen molar-refractivity contribution in [2.24, 2.45) is 12.8 Å². The lowest BCUT2D eigenvalue weighted by Gasteiger charge is -2.12. The highest BCUT2D eigenvalue weighted by Gasteiger charge is 2.17. The van der Waals surface area contributed by atoms with Crippen LogP contribution in [0.5, 0.6) is 0 Å². The SMILES string of the molecule is COCCCC(N)C(=O)Nc1c(C)nn(C)c1C. The highest BCUT2D eigenvalue weighted by molar-refractivity contribution is 5.95. The molecule has 1 amide bonds. The quantitative estimate of drug-likeness (QED) is 0.733. The number of nitrogens with two attached hydrogens (primary N) is 1. The second kappa shape index (κ2) is 6.51.